The topological polar surface area (TPSA) is 25.2 Å². The Bertz CT molecular complexity index is 394. The van der Waals surface area contributed by atoms with E-state index in [9.17, 15) is 0 Å². The summed E-state index contributed by atoms with van der Waals surface area (Å²) >= 11 is 1.71. The van der Waals surface area contributed by atoms with E-state index in [0.29, 0.717) is 0 Å². The van der Waals surface area contributed by atoms with Gasteiger partial charge in [0.05, 0.1) is 6.54 Å². The highest BCUT2D eigenvalue weighted by atomic mass is 32.1. The summed E-state index contributed by atoms with van der Waals surface area (Å²) in [4.78, 5) is 8.93. The van der Waals surface area contributed by atoms with E-state index in [4.69, 9.17) is 0 Å². The van der Waals surface area contributed by atoms with E-state index in [1.165, 1.54) is 11.3 Å². The molecule has 0 fully saturated rings. The number of aromatic nitrogens is 1. The molecule has 80 valence electrons. The first kappa shape index (κ1) is 10.6. The van der Waals surface area contributed by atoms with E-state index >= 15 is 0 Å². The number of hydrogen-bond donors (Lipinski definition) is 0. The van der Waals surface area contributed by atoms with Crippen molar-refractivity contribution in [3.8, 4) is 0 Å². The lowest BCUT2D eigenvalue weighted by molar-refractivity contribution is 0.580. The van der Waals surface area contributed by atoms with Gasteiger partial charge in [-0.25, -0.2) is 4.98 Å². The molecule has 2 nitrogen and oxygen atoms in total. The highest BCUT2D eigenvalue weighted by molar-refractivity contribution is 7.10. The van der Waals surface area contributed by atoms with Crippen molar-refractivity contribution in [2.45, 2.75) is 27.2 Å². The fourth-order valence-corrected chi connectivity index (χ4v) is 2.30. The summed E-state index contributed by atoms with van der Waals surface area (Å²) in [6, 6.07) is 0. The smallest absolute Gasteiger partial charge is 0.119 e. The lowest BCUT2D eigenvalue weighted by Gasteiger charge is -2.24. The third kappa shape index (κ3) is 2.34. The van der Waals surface area contributed by atoms with Gasteiger partial charge in [-0.3, -0.25) is 4.99 Å². The Morgan fingerprint density at radius 1 is 1.33 bits per heavy atom. The van der Waals surface area contributed by atoms with Crippen molar-refractivity contribution in [1.82, 2.24) is 4.98 Å². The van der Waals surface area contributed by atoms with Crippen LogP contribution in [0, 0.1) is 5.41 Å². The monoisotopic (exact) mass is 220 g/mol. The lowest BCUT2D eigenvalue weighted by Crippen LogP contribution is -2.22. The molecule has 0 bridgehead atoms. The predicted octanol–water partition coefficient (Wildman–Crippen LogP) is 3.42. The molecule has 0 radical (unpaired) electrons. The zero-order valence-electron chi connectivity index (χ0n) is 9.45. The summed E-state index contributed by atoms with van der Waals surface area (Å²) < 4.78 is 0. The van der Waals surface area contributed by atoms with Crippen LogP contribution in [0.25, 0.3) is 5.57 Å². The Hall–Kier alpha value is -0.960. The minimum atomic E-state index is 0.177. The molecule has 0 aliphatic carbocycles. The van der Waals surface area contributed by atoms with Crippen LogP contribution in [0.4, 0.5) is 0 Å². The molecule has 1 aliphatic heterocycles. The zero-order valence-corrected chi connectivity index (χ0v) is 10.3. The molecule has 0 spiro atoms. The molecule has 1 aromatic heterocycles. The van der Waals surface area contributed by atoms with E-state index in [1.807, 2.05) is 11.6 Å². The van der Waals surface area contributed by atoms with Crippen molar-refractivity contribution in [3.05, 3.63) is 22.7 Å². The number of dihydropyridines is 1. The largest absolute Gasteiger partial charge is 0.289 e. The molecule has 0 atom stereocenters. The molecule has 0 aromatic carbocycles. The fraction of sp³-hybridized carbons (Fsp3) is 0.500. The molecule has 0 N–H and O–H groups in total. The van der Waals surface area contributed by atoms with Gasteiger partial charge in [-0.15, -0.1) is 11.3 Å². The van der Waals surface area contributed by atoms with Gasteiger partial charge in [-0.05, 0) is 5.57 Å². The van der Waals surface area contributed by atoms with Gasteiger partial charge in [0.15, 0.2) is 0 Å². The SMILES string of the molecule is CC(C)(C)C1=NCC=C(c2nccs2)C1. The summed E-state index contributed by atoms with van der Waals surface area (Å²) in [6.07, 6.45) is 5.01. The number of allylic oxidation sites excluding steroid dienone is 1. The number of hydrogen-bond acceptors (Lipinski definition) is 3. The van der Waals surface area contributed by atoms with Gasteiger partial charge in [-0.2, -0.15) is 0 Å². The Morgan fingerprint density at radius 2 is 2.13 bits per heavy atom. The summed E-state index contributed by atoms with van der Waals surface area (Å²) in [5.74, 6) is 0. The summed E-state index contributed by atoms with van der Waals surface area (Å²) in [5, 5.41) is 3.17. The average molecular weight is 220 g/mol. The molecule has 0 saturated heterocycles. The molecule has 1 aromatic rings. The van der Waals surface area contributed by atoms with Gasteiger partial charge in [0.25, 0.3) is 0 Å². The van der Waals surface area contributed by atoms with E-state index in [-0.39, 0.29) is 5.41 Å². The third-order valence-electron chi connectivity index (χ3n) is 2.55. The van der Waals surface area contributed by atoms with Crippen LogP contribution in [0.2, 0.25) is 0 Å². The van der Waals surface area contributed by atoms with Gasteiger partial charge in [0, 0.05) is 29.1 Å². The Morgan fingerprint density at radius 3 is 2.73 bits per heavy atom. The highest BCUT2D eigenvalue weighted by Gasteiger charge is 2.22. The highest BCUT2D eigenvalue weighted by Crippen LogP contribution is 2.29. The maximum atomic E-state index is 4.58. The van der Waals surface area contributed by atoms with Crippen molar-refractivity contribution in [2.75, 3.05) is 6.54 Å². The van der Waals surface area contributed by atoms with Crippen molar-refractivity contribution in [3.63, 3.8) is 0 Å². The average Bonchev–Trinajstić information content (AvgIpc) is 2.69. The van der Waals surface area contributed by atoms with E-state index in [1.54, 1.807) is 11.3 Å². The number of nitrogens with zero attached hydrogens (tertiary/aromatic N) is 2. The maximum Gasteiger partial charge on any atom is 0.119 e. The van der Waals surface area contributed by atoms with Crippen LogP contribution in [-0.2, 0) is 0 Å². The van der Waals surface area contributed by atoms with Crippen LogP contribution in [0.1, 0.15) is 32.2 Å². The van der Waals surface area contributed by atoms with Gasteiger partial charge in [0.2, 0.25) is 0 Å². The molecule has 15 heavy (non-hydrogen) atoms. The van der Waals surface area contributed by atoms with E-state index < -0.39 is 0 Å². The summed E-state index contributed by atoms with van der Waals surface area (Å²) in [7, 11) is 0. The van der Waals surface area contributed by atoms with E-state index in [0.717, 1.165) is 18.0 Å². The quantitative estimate of drug-likeness (QED) is 0.712. The van der Waals surface area contributed by atoms with Gasteiger partial charge in [-0.1, -0.05) is 26.8 Å². The van der Waals surface area contributed by atoms with Crippen molar-refractivity contribution >= 4 is 22.6 Å². The molecule has 3 heteroatoms. The fourth-order valence-electron chi connectivity index (χ4n) is 1.62. The van der Waals surface area contributed by atoms with Crippen LogP contribution in [0.5, 0.6) is 0 Å². The standard InChI is InChI=1S/C12H16N2S/c1-12(2,3)10-8-9(4-5-13-10)11-14-6-7-15-11/h4,6-7H,5,8H2,1-3H3. The van der Waals surface area contributed by atoms with Crippen molar-refractivity contribution < 1.29 is 0 Å². The second-order valence-electron chi connectivity index (χ2n) is 4.78. The van der Waals surface area contributed by atoms with Gasteiger partial charge in [0.1, 0.15) is 5.01 Å². The second kappa shape index (κ2) is 3.89. The van der Waals surface area contributed by atoms with Crippen LogP contribution in [0.3, 0.4) is 0 Å². The second-order valence-corrected chi connectivity index (χ2v) is 5.68. The summed E-state index contributed by atoms with van der Waals surface area (Å²) in [6.45, 7) is 7.46. The van der Waals surface area contributed by atoms with Crippen LogP contribution >= 0.6 is 11.3 Å². The molecular formula is C12H16N2S. The Balaban J connectivity index is 2.18. The lowest BCUT2D eigenvalue weighted by atomic mass is 9.85. The molecule has 1 aliphatic rings. The Labute approximate surface area is 94.8 Å². The molecule has 0 saturated carbocycles. The van der Waals surface area contributed by atoms with E-state index in [2.05, 4.69) is 36.8 Å². The first-order valence-electron chi connectivity index (χ1n) is 5.20. The van der Waals surface area contributed by atoms with Crippen LogP contribution < -0.4 is 0 Å². The van der Waals surface area contributed by atoms with Gasteiger partial charge >= 0.3 is 0 Å². The molecule has 2 rings (SSSR count). The number of aliphatic imine (C=N–C) groups is 1. The normalized spacial score (nSPS) is 17.3. The molecular weight excluding hydrogens is 204 g/mol. The predicted molar refractivity (Wildman–Crippen MR) is 66.5 cm³/mol. The summed E-state index contributed by atoms with van der Waals surface area (Å²) in [5.41, 5.74) is 2.80. The third-order valence-corrected chi connectivity index (χ3v) is 3.40. The van der Waals surface area contributed by atoms with Crippen molar-refractivity contribution in [1.29, 1.82) is 0 Å². The molecule has 0 unspecified atom stereocenters. The van der Waals surface area contributed by atoms with Crippen LogP contribution in [-0.4, -0.2) is 17.2 Å². The van der Waals surface area contributed by atoms with Crippen LogP contribution in [0.15, 0.2) is 22.6 Å². The molecule has 0 amide bonds. The Kier molecular flexibility index (Phi) is 2.74. The first-order valence-corrected chi connectivity index (χ1v) is 6.08. The first-order chi connectivity index (χ1) is 7.07. The minimum Gasteiger partial charge on any atom is -0.289 e. The van der Waals surface area contributed by atoms with Crippen molar-refractivity contribution in [2.24, 2.45) is 10.4 Å². The minimum absolute atomic E-state index is 0.177. The van der Waals surface area contributed by atoms with Gasteiger partial charge < -0.3 is 0 Å². The number of rotatable bonds is 1. The molecule has 2 heterocycles. The maximum absolute atomic E-state index is 4.58. The zero-order chi connectivity index (χ0) is 10.9. The number of thiazole rings is 1.